The lowest BCUT2D eigenvalue weighted by Gasteiger charge is -2.42. The zero-order valence-electron chi connectivity index (χ0n) is 17.0. The molecule has 0 aliphatic carbocycles. The molecule has 0 aromatic carbocycles. The van der Waals surface area contributed by atoms with Gasteiger partial charge in [0.15, 0.2) is 8.32 Å². The lowest BCUT2D eigenvalue weighted by atomic mass is 9.90. The van der Waals surface area contributed by atoms with Gasteiger partial charge in [-0.05, 0) is 37.4 Å². The molecule has 1 N–H and O–H groups in total. The molecule has 0 bridgehead atoms. The van der Waals surface area contributed by atoms with Gasteiger partial charge in [0, 0.05) is 0 Å². The van der Waals surface area contributed by atoms with Crippen molar-refractivity contribution in [2.75, 3.05) is 7.11 Å². The summed E-state index contributed by atoms with van der Waals surface area (Å²) in [5.41, 5.74) is 2.45. The number of hydrogen-bond donors (Lipinski definition) is 1. The van der Waals surface area contributed by atoms with Crippen molar-refractivity contribution >= 4 is 14.2 Å². The highest BCUT2D eigenvalue weighted by Crippen LogP contribution is 2.39. The van der Waals surface area contributed by atoms with Gasteiger partial charge in [-0.15, -0.1) is 0 Å². The molecule has 0 aromatic heterocycles. The fourth-order valence-corrected chi connectivity index (χ4v) is 3.66. The molecule has 1 amide bonds. The Morgan fingerprint density at radius 3 is 2.25 bits per heavy atom. The van der Waals surface area contributed by atoms with Gasteiger partial charge in [0.2, 0.25) is 5.91 Å². The Balaban J connectivity index is 5.32. The number of carbonyl (C=O) groups is 1. The monoisotopic (exact) mass is 355 g/mol. The molecular formula is C19H37NO3Si. The maximum atomic E-state index is 12.3. The Bertz CT molecular complexity index is 438. The number of rotatable bonds is 9. The van der Waals surface area contributed by atoms with Crippen LogP contribution in [0.5, 0.6) is 0 Å². The third kappa shape index (κ3) is 7.32. The molecule has 0 heterocycles. The first kappa shape index (κ1) is 23.1. The second-order valence-corrected chi connectivity index (χ2v) is 12.7. The summed E-state index contributed by atoms with van der Waals surface area (Å²) < 4.78 is 6.62. The van der Waals surface area contributed by atoms with Crippen LogP contribution in [0.25, 0.3) is 0 Å². The fourth-order valence-electron chi connectivity index (χ4n) is 2.19. The number of nitrogens with one attached hydrogen (secondary N) is 1. The van der Waals surface area contributed by atoms with Crippen molar-refractivity contribution in [2.45, 2.75) is 72.2 Å². The lowest BCUT2D eigenvalue weighted by molar-refractivity contribution is -0.139. The highest BCUT2D eigenvalue weighted by Gasteiger charge is 2.42. The number of hydroxylamine groups is 1. The van der Waals surface area contributed by atoms with Gasteiger partial charge < -0.3 is 4.43 Å². The minimum Gasteiger partial charge on any atom is -0.413 e. The minimum absolute atomic E-state index is 0.100. The van der Waals surface area contributed by atoms with Gasteiger partial charge in [-0.2, -0.15) is 0 Å². The van der Waals surface area contributed by atoms with Gasteiger partial charge in [-0.3, -0.25) is 9.63 Å². The second kappa shape index (κ2) is 10.2. The van der Waals surface area contributed by atoms with Crippen LogP contribution < -0.4 is 5.48 Å². The van der Waals surface area contributed by atoms with Crippen LogP contribution in [0.2, 0.25) is 18.1 Å². The summed E-state index contributed by atoms with van der Waals surface area (Å²) >= 11 is 0. The Labute approximate surface area is 149 Å². The summed E-state index contributed by atoms with van der Waals surface area (Å²) in [7, 11) is -0.520. The van der Waals surface area contributed by atoms with E-state index in [9.17, 15) is 4.79 Å². The van der Waals surface area contributed by atoms with Crippen molar-refractivity contribution in [3.63, 3.8) is 0 Å². The summed E-state index contributed by atoms with van der Waals surface area (Å²) in [6.45, 7) is 17.2. The van der Waals surface area contributed by atoms with Crippen molar-refractivity contribution in [1.29, 1.82) is 0 Å². The number of hydrogen-bond acceptors (Lipinski definition) is 3. The van der Waals surface area contributed by atoms with E-state index in [1.807, 2.05) is 32.1 Å². The lowest BCUT2D eigenvalue weighted by Crippen LogP contribution is -2.49. The predicted octanol–water partition coefficient (Wildman–Crippen LogP) is 4.85. The summed E-state index contributed by atoms with van der Waals surface area (Å²) in [6, 6.07) is 0. The first-order valence-electron chi connectivity index (χ1n) is 8.76. The average molecular weight is 356 g/mol. The first-order chi connectivity index (χ1) is 11.0. The topological polar surface area (TPSA) is 47.6 Å². The number of amides is 1. The van der Waals surface area contributed by atoms with Crippen LogP contribution in [0.15, 0.2) is 24.3 Å². The highest BCUT2D eigenvalue weighted by atomic mass is 28.4. The molecule has 0 fully saturated rings. The van der Waals surface area contributed by atoms with Crippen molar-refractivity contribution in [3.8, 4) is 0 Å². The number of carbonyl (C=O) groups excluding carboxylic acids is 1. The summed E-state index contributed by atoms with van der Waals surface area (Å²) in [5.74, 6) is -0.173. The molecule has 0 unspecified atom stereocenters. The van der Waals surface area contributed by atoms with E-state index < -0.39 is 8.32 Å². The molecule has 3 atom stereocenters. The zero-order chi connectivity index (χ0) is 19.0. The molecule has 4 nitrogen and oxygen atoms in total. The highest BCUT2D eigenvalue weighted by molar-refractivity contribution is 6.74. The normalized spacial score (nSPS) is 17.2. The van der Waals surface area contributed by atoms with E-state index in [4.69, 9.17) is 9.26 Å². The van der Waals surface area contributed by atoms with Gasteiger partial charge >= 0.3 is 0 Å². The fraction of sp³-hybridized carbons (Fsp3) is 0.737. The number of allylic oxidation sites excluding steroid dienone is 4. The average Bonchev–Trinajstić information content (AvgIpc) is 2.47. The van der Waals surface area contributed by atoms with E-state index in [0.717, 1.165) is 6.42 Å². The summed E-state index contributed by atoms with van der Waals surface area (Å²) in [4.78, 5) is 17.1. The second-order valence-electron chi connectivity index (χ2n) is 7.97. The Hall–Kier alpha value is -0.913. The molecular weight excluding hydrogens is 318 g/mol. The Morgan fingerprint density at radius 2 is 1.79 bits per heavy atom. The molecule has 24 heavy (non-hydrogen) atoms. The van der Waals surface area contributed by atoms with Crippen LogP contribution in [0, 0.1) is 11.8 Å². The molecule has 0 aromatic rings. The van der Waals surface area contributed by atoms with Crippen molar-refractivity contribution < 1.29 is 14.1 Å². The SMILES string of the molecule is C/C=C/C=C/C[C@@H](C)[C@H](O[Si](C)(C)C(C)(C)C)[C@@H](C)C(=O)NOC. The third-order valence-corrected chi connectivity index (χ3v) is 9.33. The van der Waals surface area contributed by atoms with Crippen LogP contribution in [-0.4, -0.2) is 27.4 Å². The Morgan fingerprint density at radius 1 is 1.21 bits per heavy atom. The molecule has 0 radical (unpaired) electrons. The molecule has 0 saturated heterocycles. The molecule has 0 rings (SSSR count). The Kier molecular flexibility index (Phi) is 9.78. The van der Waals surface area contributed by atoms with Gasteiger partial charge in [0.1, 0.15) is 0 Å². The van der Waals surface area contributed by atoms with E-state index in [2.05, 4.69) is 52.3 Å². The van der Waals surface area contributed by atoms with E-state index in [1.54, 1.807) is 0 Å². The van der Waals surface area contributed by atoms with Crippen LogP contribution in [-0.2, 0) is 14.1 Å². The van der Waals surface area contributed by atoms with Gasteiger partial charge in [0.25, 0.3) is 0 Å². The van der Waals surface area contributed by atoms with Crippen LogP contribution in [0.3, 0.4) is 0 Å². The predicted molar refractivity (Wildman–Crippen MR) is 104 cm³/mol. The van der Waals surface area contributed by atoms with Crippen LogP contribution in [0.1, 0.15) is 48.0 Å². The molecule has 0 saturated carbocycles. The van der Waals surface area contributed by atoms with Crippen molar-refractivity contribution in [3.05, 3.63) is 24.3 Å². The largest absolute Gasteiger partial charge is 0.413 e. The van der Waals surface area contributed by atoms with Crippen molar-refractivity contribution in [2.24, 2.45) is 11.8 Å². The van der Waals surface area contributed by atoms with E-state index in [-0.39, 0.29) is 28.9 Å². The molecule has 0 aliphatic heterocycles. The van der Waals surface area contributed by atoms with E-state index in [1.165, 1.54) is 7.11 Å². The maximum absolute atomic E-state index is 12.3. The molecule has 0 spiro atoms. The van der Waals surface area contributed by atoms with Gasteiger partial charge in [0.05, 0.1) is 19.1 Å². The summed E-state index contributed by atoms with van der Waals surface area (Å²) in [5, 5.41) is 0.100. The standard InChI is InChI=1S/C19H37NO3Si/c1-10-11-12-13-14-15(2)17(16(3)18(21)20-22-7)23-24(8,9)19(4,5)6/h10-13,15-17H,14H2,1-9H3,(H,20,21)/b11-10+,13-12+/t15-,16-,17+/m1/s1. The van der Waals surface area contributed by atoms with Crippen molar-refractivity contribution in [1.82, 2.24) is 5.48 Å². The third-order valence-electron chi connectivity index (χ3n) is 4.85. The van der Waals surface area contributed by atoms with Crippen LogP contribution in [0.4, 0.5) is 0 Å². The summed E-state index contributed by atoms with van der Waals surface area (Å²) in [6.07, 6.45) is 8.91. The quantitative estimate of drug-likeness (QED) is 0.365. The van der Waals surface area contributed by atoms with E-state index in [0.29, 0.717) is 0 Å². The smallest absolute Gasteiger partial charge is 0.248 e. The zero-order valence-corrected chi connectivity index (χ0v) is 18.0. The molecule has 5 heteroatoms. The maximum Gasteiger partial charge on any atom is 0.248 e. The van der Waals surface area contributed by atoms with E-state index >= 15 is 0 Å². The first-order valence-corrected chi connectivity index (χ1v) is 11.7. The molecule has 140 valence electrons. The molecule has 0 aliphatic rings. The minimum atomic E-state index is -1.98. The van der Waals surface area contributed by atoms with Gasteiger partial charge in [-0.25, -0.2) is 5.48 Å². The van der Waals surface area contributed by atoms with Crippen LogP contribution >= 0.6 is 0 Å². The van der Waals surface area contributed by atoms with Gasteiger partial charge in [-0.1, -0.05) is 58.9 Å².